The summed E-state index contributed by atoms with van der Waals surface area (Å²) in [6.07, 6.45) is 9.26. The Morgan fingerprint density at radius 2 is 1.72 bits per heavy atom. The summed E-state index contributed by atoms with van der Waals surface area (Å²) in [6.45, 7) is 2.21. The fourth-order valence-corrected chi connectivity index (χ4v) is 4.25. The van der Waals surface area contributed by atoms with Crippen LogP contribution in [0.2, 0.25) is 5.02 Å². The summed E-state index contributed by atoms with van der Waals surface area (Å²) in [7, 11) is 1.78. The molecule has 176 valence electrons. The van der Waals surface area contributed by atoms with Crippen LogP contribution in [0.3, 0.4) is 0 Å². The van der Waals surface area contributed by atoms with Crippen LogP contribution >= 0.6 is 11.6 Å². The maximum atomic E-state index is 14.0. The van der Waals surface area contributed by atoms with Gasteiger partial charge in [-0.1, -0.05) is 87.4 Å². The van der Waals surface area contributed by atoms with Crippen molar-refractivity contribution in [2.45, 2.75) is 83.3 Å². The Morgan fingerprint density at radius 3 is 2.41 bits per heavy atom. The molecule has 0 saturated carbocycles. The average Bonchev–Trinajstić information content (AvgIpc) is 2.79. The first-order valence-corrected chi connectivity index (χ1v) is 12.3. The second kappa shape index (κ2) is 15.0. The van der Waals surface area contributed by atoms with Crippen LogP contribution in [0.4, 0.5) is 4.39 Å². The number of nitrogens with one attached hydrogen (secondary N) is 1. The monoisotopic (exact) mass is 461 g/mol. The van der Waals surface area contributed by atoms with E-state index in [4.69, 9.17) is 16.3 Å². The molecule has 2 atom stereocenters. The fourth-order valence-electron chi connectivity index (χ4n) is 3.97. The van der Waals surface area contributed by atoms with Gasteiger partial charge in [0.15, 0.2) is 6.23 Å². The third kappa shape index (κ3) is 9.70. The van der Waals surface area contributed by atoms with Crippen molar-refractivity contribution < 1.29 is 13.9 Å². The Balaban J connectivity index is 1.95. The van der Waals surface area contributed by atoms with Crippen LogP contribution in [0.1, 0.15) is 81.8 Å². The zero-order chi connectivity index (χ0) is 23.2. The van der Waals surface area contributed by atoms with Gasteiger partial charge < -0.3 is 4.74 Å². The van der Waals surface area contributed by atoms with Crippen molar-refractivity contribution in [3.8, 4) is 0 Å². The van der Waals surface area contributed by atoms with Crippen molar-refractivity contribution in [2.75, 3.05) is 7.05 Å². The number of carbonyl (C=O) groups is 1. The van der Waals surface area contributed by atoms with Gasteiger partial charge in [-0.25, -0.2) is 4.39 Å². The van der Waals surface area contributed by atoms with Crippen molar-refractivity contribution in [2.24, 2.45) is 0 Å². The van der Waals surface area contributed by atoms with Gasteiger partial charge in [0.2, 0.25) is 0 Å². The van der Waals surface area contributed by atoms with E-state index in [-0.39, 0.29) is 17.7 Å². The normalized spacial score (nSPS) is 13.0. The van der Waals surface area contributed by atoms with E-state index in [0.29, 0.717) is 24.3 Å². The third-order valence-electron chi connectivity index (χ3n) is 5.80. The molecule has 0 bridgehead atoms. The van der Waals surface area contributed by atoms with Crippen LogP contribution in [0.25, 0.3) is 0 Å². The lowest BCUT2D eigenvalue weighted by Crippen LogP contribution is -2.33. The molecule has 0 aliphatic carbocycles. The van der Waals surface area contributed by atoms with Gasteiger partial charge in [0.25, 0.3) is 0 Å². The van der Waals surface area contributed by atoms with Crippen LogP contribution in [0.15, 0.2) is 48.5 Å². The summed E-state index contributed by atoms with van der Waals surface area (Å²) in [5, 5.41) is 3.62. The molecule has 2 unspecified atom stereocenters. The van der Waals surface area contributed by atoms with E-state index in [1.54, 1.807) is 13.1 Å². The standard InChI is InChI=1S/C27H37ClFNO2/c1-3-4-5-6-7-8-12-15-27(31)32-26(30-2)19-22(18-21-13-10-9-11-14-21)24-20-23(29)16-17-25(24)28/h9-11,13-14,16-17,20,22,26,30H,3-8,12,15,18-19H2,1-2H3. The molecule has 0 aliphatic rings. The number of hydrogen-bond donors (Lipinski definition) is 1. The van der Waals surface area contributed by atoms with Crippen molar-refractivity contribution in [3.05, 3.63) is 70.5 Å². The van der Waals surface area contributed by atoms with Crippen LogP contribution < -0.4 is 5.32 Å². The highest BCUT2D eigenvalue weighted by Gasteiger charge is 2.23. The van der Waals surface area contributed by atoms with E-state index in [2.05, 4.69) is 12.2 Å². The number of halogens is 2. The molecule has 0 heterocycles. The molecule has 0 fully saturated rings. The first kappa shape index (κ1) is 26.3. The lowest BCUT2D eigenvalue weighted by molar-refractivity contribution is -0.151. The molecule has 32 heavy (non-hydrogen) atoms. The highest BCUT2D eigenvalue weighted by molar-refractivity contribution is 6.31. The number of hydrogen-bond acceptors (Lipinski definition) is 3. The Morgan fingerprint density at radius 1 is 1.03 bits per heavy atom. The summed E-state index contributed by atoms with van der Waals surface area (Å²) in [5.74, 6) is -0.606. The molecule has 0 radical (unpaired) electrons. The summed E-state index contributed by atoms with van der Waals surface area (Å²) in [4.78, 5) is 12.4. The molecule has 0 amide bonds. The van der Waals surface area contributed by atoms with E-state index in [1.165, 1.54) is 44.2 Å². The number of ether oxygens (including phenoxy) is 1. The first-order chi connectivity index (χ1) is 15.5. The number of unbranched alkanes of at least 4 members (excludes halogenated alkanes) is 6. The Bertz CT molecular complexity index is 799. The maximum absolute atomic E-state index is 14.0. The molecular weight excluding hydrogens is 425 g/mol. The molecule has 2 aromatic rings. The molecule has 0 aliphatic heterocycles. The summed E-state index contributed by atoms with van der Waals surface area (Å²) < 4.78 is 19.7. The largest absolute Gasteiger partial charge is 0.447 e. The van der Waals surface area contributed by atoms with Crippen molar-refractivity contribution >= 4 is 17.6 Å². The Hall–Kier alpha value is -1.91. The van der Waals surface area contributed by atoms with Crippen LogP contribution in [-0.4, -0.2) is 19.2 Å². The van der Waals surface area contributed by atoms with E-state index in [0.717, 1.165) is 24.0 Å². The predicted molar refractivity (Wildman–Crippen MR) is 130 cm³/mol. The maximum Gasteiger partial charge on any atom is 0.307 e. The number of carbonyl (C=O) groups excluding carboxylic acids is 1. The highest BCUT2D eigenvalue weighted by Crippen LogP contribution is 2.32. The molecular formula is C27H37ClFNO2. The molecule has 2 rings (SSSR count). The molecule has 2 aromatic carbocycles. The minimum atomic E-state index is -0.458. The lowest BCUT2D eigenvalue weighted by Gasteiger charge is -2.25. The van der Waals surface area contributed by atoms with Crippen LogP contribution in [0.5, 0.6) is 0 Å². The van der Waals surface area contributed by atoms with E-state index >= 15 is 0 Å². The van der Waals surface area contributed by atoms with E-state index in [1.807, 2.05) is 30.3 Å². The lowest BCUT2D eigenvalue weighted by atomic mass is 9.88. The van der Waals surface area contributed by atoms with Gasteiger partial charge in [-0.3, -0.25) is 10.1 Å². The number of benzene rings is 2. The number of esters is 1. The third-order valence-corrected chi connectivity index (χ3v) is 6.15. The predicted octanol–water partition coefficient (Wildman–Crippen LogP) is 7.42. The van der Waals surface area contributed by atoms with Gasteiger partial charge in [0.05, 0.1) is 0 Å². The zero-order valence-electron chi connectivity index (χ0n) is 19.4. The van der Waals surface area contributed by atoms with Gasteiger partial charge in [-0.15, -0.1) is 0 Å². The second-order valence-corrected chi connectivity index (χ2v) is 8.83. The molecule has 1 N–H and O–H groups in total. The van der Waals surface area contributed by atoms with Crippen molar-refractivity contribution in [1.82, 2.24) is 5.32 Å². The summed E-state index contributed by atoms with van der Waals surface area (Å²) >= 11 is 6.42. The van der Waals surface area contributed by atoms with E-state index < -0.39 is 6.23 Å². The average molecular weight is 462 g/mol. The first-order valence-electron chi connectivity index (χ1n) is 11.9. The minimum absolute atomic E-state index is 0.0931. The van der Waals surface area contributed by atoms with E-state index in [9.17, 15) is 9.18 Å². The van der Waals surface area contributed by atoms with Gasteiger partial charge in [0, 0.05) is 17.9 Å². The zero-order valence-corrected chi connectivity index (χ0v) is 20.2. The van der Waals surface area contributed by atoms with Gasteiger partial charge in [-0.2, -0.15) is 0 Å². The van der Waals surface area contributed by atoms with Crippen molar-refractivity contribution in [3.63, 3.8) is 0 Å². The molecule has 3 nitrogen and oxygen atoms in total. The highest BCUT2D eigenvalue weighted by atomic mass is 35.5. The SMILES string of the molecule is CCCCCCCCCC(=O)OC(CC(Cc1ccccc1)c1cc(F)ccc1Cl)NC. The number of rotatable bonds is 15. The smallest absolute Gasteiger partial charge is 0.307 e. The minimum Gasteiger partial charge on any atom is -0.447 e. The molecule has 0 aromatic heterocycles. The summed E-state index contributed by atoms with van der Waals surface area (Å²) in [6, 6.07) is 14.5. The Labute approximate surface area is 197 Å². The second-order valence-electron chi connectivity index (χ2n) is 8.43. The molecule has 0 saturated heterocycles. The Kier molecular flexibility index (Phi) is 12.4. The van der Waals surface area contributed by atoms with Crippen LogP contribution in [-0.2, 0) is 16.0 Å². The topological polar surface area (TPSA) is 38.3 Å². The summed E-state index contributed by atoms with van der Waals surface area (Å²) in [5.41, 5.74) is 1.86. The quantitative estimate of drug-likeness (QED) is 0.170. The molecule has 5 heteroatoms. The van der Waals surface area contributed by atoms with Crippen LogP contribution in [0, 0.1) is 5.82 Å². The fraction of sp³-hybridized carbons (Fsp3) is 0.519. The van der Waals surface area contributed by atoms with Gasteiger partial charge >= 0.3 is 5.97 Å². The van der Waals surface area contributed by atoms with Gasteiger partial charge in [0.1, 0.15) is 5.82 Å². The van der Waals surface area contributed by atoms with Gasteiger partial charge in [-0.05, 0) is 55.1 Å². The molecule has 0 spiro atoms. The van der Waals surface area contributed by atoms with Crippen molar-refractivity contribution in [1.29, 1.82) is 0 Å².